The molecule has 4 heterocycles. The predicted molar refractivity (Wildman–Crippen MR) is 141 cm³/mol. The van der Waals surface area contributed by atoms with E-state index in [-0.39, 0.29) is 35.3 Å². The Morgan fingerprint density at radius 2 is 1.90 bits per heavy atom. The number of aliphatic hydroxyl groups excluding tert-OH is 3. The summed E-state index contributed by atoms with van der Waals surface area (Å²) in [6.07, 6.45) is -0.748. The fourth-order valence-electron chi connectivity index (χ4n) is 6.45. The van der Waals surface area contributed by atoms with Gasteiger partial charge in [0, 0.05) is 51.7 Å². The van der Waals surface area contributed by atoms with Gasteiger partial charge in [0.05, 0.1) is 35.9 Å². The summed E-state index contributed by atoms with van der Waals surface area (Å²) in [5, 5.41) is 33.7. The Bertz CT molecular complexity index is 1690. The minimum Gasteiger partial charge on any atom is -0.394 e. The van der Waals surface area contributed by atoms with E-state index in [1.54, 1.807) is 12.3 Å². The van der Waals surface area contributed by atoms with E-state index < -0.39 is 43.0 Å². The van der Waals surface area contributed by atoms with Gasteiger partial charge in [-0.25, -0.2) is 15.0 Å². The molecule has 2 aliphatic carbocycles. The quantitative estimate of drug-likeness (QED) is 0.446. The van der Waals surface area contributed by atoms with Crippen LogP contribution in [0.25, 0.3) is 17.3 Å². The monoisotopic (exact) mass is 569 g/mol. The van der Waals surface area contributed by atoms with Gasteiger partial charge in [-0.2, -0.15) is 0 Å². The Hall–Kier alpha value is -2.83. The number of ether oxygens (including phenoxy) is 2. The van der Waals surface area contributed by atoms with Gasteiger partial charge in [0.25, 0.3) is 0 Å². The number of rotatable bonds is 3. The fourth-order valence-corrected chi connectivity index (χ4v) is 6.97. The first-order valence-corrected chi connectivity index (χ1v) is 13.1. The fraction of sp³-hybridized carbons (Fsp3) is 0.370. The summed E-state index contributed by atoms with van der Waals surface area (Å²) in [5.41, 5.74) is 4.00. The van der Waals surface area contributed by atoms with E-state index >= 15 is 0 Å². The van der Waals surface area contributed by atoms with Crippen molar-refractivity contribution in [2.45, 2.75) is 43.4 Å². The highest BCUT2D eigenvalue weighted by atomic mass is 35.5. The molecular formula is C27H21Cl2N3O7. The smallest absolute Gasteiger partial charge is 0.189 e. The van der Waals surface area contributed by atoms with Gasteiger partial charge < -0.3 is 24.8 Å². The summed E-state index contributed by atoms with van der Waals surface area (Å²) in [5.74, 6) is -1.27. The number of benzene rings is 1. The first-order valence-electron chi connectivity index (χ1n) is 12.4. The van der Waals surface area contributed by atoms with E-state index in [2.05, 4.69) is 9.98 Å². The van der Waals surface area contributed by atoms with Gasteiger partial charge in [-0.1, -0.05) is 23.2 Å². The van der Waals surface area contributed by atoms with Crippen LogP contribution in [-0.2, 0) is 19.1 Å². The highest BCUT2D eigenvalue weighted by molar-refractivity contribution is 6.71. The number of hydrogen-bond donors (Lipinski definition) is 3. The van der Waals surface area contributed by atoms with E-state index in [0.29, 0.717) is 54.8 Å². The van der Waals surface area contributed by atoms with Crippen molar-refractivity contribution in [1.82, 2.24) is 0 Å². The molecule has 0 saturated carbocycles. The first kappa shape index (κ1) is 25.2. The largest absolute Gasteiger partial charge is 0.394 e. The molecule has 7 rings (SSSR count). The lowest BCUT2D eigenvalue weighted by molar-refractivity contribution is -0.242. The van der Waals surface area contributed by atoms with Gasteiger partial charge in [-0.3, -0.25) is 9.59 Å². The molecule has 1 fully saturated rings. The summed E-state index contributed by atoms with van der Waals surface area (Å²) in [6, 6.07) is 0. The molecule has 12 heteroatoms. The number of fused-ring (bicyclic) bond motifs is 9. The average Bonchev–Trinajstić information content (AvgIpc) is 3.58. The topological polar surface area (TPSA) is 150 Å². The Labute approximate surface area is 231 Å². The number of Topliss-reactive ketones (excluding diaryl/α,β-unsaturated/α-hetero) is 1. The average molecular weight is 570 g/mol. The molecule has 6 atom stereocenters. The SMILES string of the molecule is COC1C(CO)OC(C2CC(Cl)=CC3=C2c2c4c(c5c(c2=N3)N=C2C(=O)CC(=O)C=C25)=CN=C4Cl)C(O)C1O. The van der Waals surface area contributed by atoms with E-state index in [4.69, 9.17) is 37.7 Å². The molecule has 10 nitrogen and oxygen atoms in total. The number of aliphatic imine (C=N–C) groups is 2. The summed E-state index contributed by atoms with van der Waals surface area (Å²) in [7, 11) is 1.37. The lowest BCUT2D eigenvalue weighted by Crippen LogP contribution is -2.61. The van der Waals surface area contributed by atoms with Crippen molar-refractivity contribution in [1.29, 1.82) is 0 Å². The van der Waals surface area contributed by atoms with Crippen molar-refractivity contribution >= 4 is 68.7 Å². The summed E-state index contributed by atoms with van der Waals surface area (Å²) in [4.78, 5) is 38.8. The van der Waals surface area contributed by atoms with Gasteiger partial charge in [0.2, 0.25) is 0 Å². The number of methoxy groups -OCH3 is 1. The Balaban J connectivity index is 1.44. The third-order valence-corrected chi connectivity index (χ3v) is 8.63. The van der Waals surface area contributed by atoms with Crippen LogP contribution in [0.4, 0.5) is 5.69 Å². The normalized spacial score (nSPS) is 32.3. The molecule has 0 aromatic heterocycles. The molecule has 1 aromatic rings. The van der Waals surface area contributed by atoms with Crippen molar-refractivity contribution in [2.75, 3.05) is 13.7 Å². The second-order valence-electron chi connectivity index (χ2n) is 10.2. The minimum absolute atomic E-state index is 0.201. The van der Waals surface area contributed by atoms with E-state index in [9.17, 15) is 24.9 Å². The minimum atomic E-state index is -1.36. The number of carbonyl (C=O) groups is 2. The molecule has 0 amide bonds. The maximum absolute atomic E-state index is 12.7. The number of allylic oxidation sites excluding steroid dienone is 4. The third kappa shape index (κ3) is 3.43. The third-order valence-electron chi connectivity index (χ3n) is 8.08. The lowest BCUT2D eigenvalue weighted by atomic mass is 9.76. The van der Waals surface area contributed by atoms with Gasteiger partial charge in [-0.15, -0.1) is 0 Å². The maximum Gasteiger partial charge on any atom is 0.189 e. The number of ketones is 2. The molecule has 3 N–H and O–H groups in total. The molecule has 39 heavy (non-hydrogen) atoms. The highest BCUT2D eigenvalue weighted by Crippen LogP contribution is 2.47. The molecule has 1 aromatic carbocycles. The molecule has 0 bridgehead atoms. The van der Waals surface area contributed by atoms with Crippen molar-refractivity contribution < 1.29 is 34.4 Å². The first-order chi connectivity index (χ1) is 18.7. The zero-order chi connectivity index (χ0) is 27.3. The van der Waals surface area contributed by atoms with E-state index in [1.807, 2.05) is 0 Å². The number of nitrogens with zero attached hydrogens (tertiary/aromatic N) is 3. The van der Waals surface area contributed by atoms with Crippen LogP contribution in [0.15, 0.2) is 37.9 Å². The van der Waals surface area contributed by atoms with Crippen LogP contribution in [0.2, 0.25) is 0 Å². The van der Waals surface area contributed by atoms with Crippen LogP contribution in [0, 0.1) is 5.92 Å². The van der Waals surface area contributed by atoms with Gasteiger partial charge >= 0.3 is 0 Å². The van der Waals surface area contributed by atoms with Crippen LogP contribution < -0.4 is 10.6 Å². The van der Waals surface area contributed by atoms with E-state index in [0.717, 1.165) is 0 Å². The molecule has 1 saturated heterocycles. The van der Waals surface area contributed by atoms with Crippen molar-refractivity contribution in [3.63, 3.8) is 0 Å². The van der Waals surface area contributed by atoms with E-state index in [1.165, 1.54) is 13.2 Å². The zero-order valence-corrected chi connectivity index (χ0v) is 21.9. The van der Waals surface area contributed by atoms with Crippen molar-refractivity contribution in [2.24, 2.45) is 20.9 Å². The number of aliphatic hydroxyl groups is 3. The molecule has 6 aliphatic rings. The summed E-state index contributed by atoms with van der Waals surface area (Å²) < 4.78 is 11.4. The summed E-state index contributed by atoms with van der Waals surface area (Å²) in [6.45, 7) is -0.433. The second kappa shape index (κ2) is 8.84. The van der Waals surface area contributed by atoms with Crippen molar-refractivity contribution in [3.05, 3.63) is 50.1 Å². The van der Waals surface area contributed by atoms with Crippen LogP contribution >= 0.6 is 23.2 Å². The standard InChI is InChI=1S/C27H21Cl2N3O7/c1-38-26-15(7-33)39-25(23(36)24(26)37)11-2-8(28)3-13-17(11)19-18-12(6-30-27(18)29)16-10-4-9(34)5-14(35)20(10)32-21(16)22(19)31-13/h3-4,6,11,15,23-26,33,36-37H,2,5,7H2,1H3. The second-order valence-corrected chi connectivity index (χ2v) is 11.0. The number of carbonyl (C=O) groups excluding carboxylic acids is 2. The molecule has 200 valence electrons. The van der Waals surface area contributed by atoms with Crippen LogP contribution in [0.1, 0.15) is 29.5 Å². The Kier molecular flexibility index (Phi) is 5.70. The molecule has 6 unspecified atom stereocenters. The van der Waals surface area contributed by atoms with Crippen molar-refractivity contribution in [3.8, 4) is 0 Å². The summed E-state index contributed by atoms with van der Waals surface area (Å²) >= 11 is 13.2. The predicted octanol–water partition coefficient (Wildman–Crippen LogP) is 0.418. The zero-order valence-electron chi connectivity index (χ0n) is 20.4. The van der Waals surface area contributed by atoms with Gasteiger partial charge in [0.15, 0.2) is 11.6 Å². The highest BCUT2D eigenvalue weighted by Gasteiger charge is 2.50. The van der Waals surface area contributed by atoms with Gasteiger partial charge in [0.1, 0.15) is 35.3 Å². The molecule has 0 spiro atoms. The lowest BCUT2D eigenvalue weighted by Gasteiger charge is -2.45. The van der Waals surface area contributed by atoms with Crippen LogP contribution in [-0.4, -0.2) is 82.0 Å². The number of hydrogen-bond acceptors (Lipinski definition) is 10. The van der Waals surface area contributed by atoms with Crippen LogP contribution in [0.3, 0.4) is 0 Å². The Morgan fingerprint density at radius 3 is 2.64 bits per heavy atom. The Morgan fingerprint density at radius 1 is 1.10 bits per heavy atom. The van der Waals surface area contributed by atoms with Gasteiger partial charge in [-0.05, 0) is 24.1 Å². The molecular weight excluding hydrogens is 549 g/mol. The number of halogens is 2. The maximum atomic E-state index is 12.7. The van der Waals surface area contributed by atoms with Crippen LogP contribution in [0.5, 0.6) is 0 Å². The molecule has 0 radical (unpaired) electrons. The molecule has 4 aliphatic heterocycles.